The number of benzene rings is 3. The maximum absolute atomic E-state index is 12.7. The lowest BCUT2D eigenvalue weighted by atomic mass is 9.86. The van der Waals surface area contributed by atoms with Crippen LogP contribution in [0.1, 0.15) is 36.4 Å². The van der Waals surface area contributed by atoms with Crippen LogP contribution >= 0.6 is 34.8 Å². The van der Waals surface area contributed by atoms with Crippen LogP contribution in [0.15, 0.2) is 71.6 Å². The first-order valence-corrected chi connectivity index (χ1v) is 13.9. The Morgan fingerprint density at radius 3 is 2.29 bits per heavy atom. The fourth-order valence-electron chi connectivity index (χ4n) is 4.48. The average Bonchev–Trinajstić information content (AvgIpc) is 2.85. The molecule has 3 aromatic rings. The molecule has 2 atom stereocenters. The fourth-order valence-corrected chi connectivity index (χ4v) is 6.19. The third kappa shape index (κ3) is 6.30. The molecule has 0 bridgehead atoms. The molecule has 1 heterocycles. The molecule has 0 aliphatic carbocycles. The summed E-state index contributed by atoms with van der Waals surface area (Å²) in [5.74, 6) is 0.289. The van der Waals surface area contributed by atoms with E-state index in [2.05, 4.69) is 9.62 Å². The van der Waals surface area contributed by atoms with Crippen LogP contribution in [0, 0.1) is 17.2 Å². The average molecular weight is 549 g/mol. The van der Waals surface area contributed by atoms with E-state index >= 15 is 0 Å². The normalized spacial score (nSPS) is 18.3. The van der Waals surface area contributed by atoms with Crippen LogP contribution in [0.3, 0.4) is 0 Å². The lowest BCUT2D eigenvalue weighted by Gasteiger charge is -2.42. The van der Waals surface area contributed by atoms with Gasteiger partial charge in [-0.3, -0.25) is 0 Å². The van der Waals surface area contributed by atoms with Crippen molar-refractivity contribution in [3.8, 4) is 6.07 Å². The molecular formula is C26H24Cl3N3O2S. The van der Waals surface area contributed by atoms with Gasteiger partial charge in [-0.15, -0.1) is 0 Å². The van der Waals surface area contributed by atoms with Crippen molar-refractivity contribution < 1.29 is 8.42 Å². The van der Waals surface area contributed by atoms with E-state index in [1.165, 1.54) is 24.3 Å². The number of sulfonamides is 1. The summed E-state index contributed by atoms with van der Waals surface area (Å²) < 4.78 is 28.0. The summed E-state index contributed by atoms with van der Waals surface area (Å²) in [5, 5.41) is 10.8. The first kappa shape index (κ1) is 25.8. The van der Waals surface area contributed by atoms with E-state index in [0.29, 0.717) is 33.6 Å². The number of hydrogen-bond acceptors (Lipinski definition) is 4. The number of rotatable bonds is 7. The van der Waals surface area contributed by atoms with Crippen LogP contribution in [0.25, 0.3) is 0 Å². The summed E-state index contributed by atoms with van der Waals surface area (Å²) in [6.45, 7) is 1.08. The smallest absolute Gasteiger partial charge is 0.240 e. The summed E-state index contributed by atoms with van der Waals surface area (Å²) in [6.07, 6.45) is 2.50. The van der Waals surface area contributed by atoms with Crippen LogP contribution in [0.4, 0.5) is 5.69 Å². The Labute approximate surface area is 221 Å². The van der Waals surface area contributed by atoms with Crippen LogP contribution in [0.5, 0.6) is 0 Å². The molecule has 0 spiro atoms. The van der Waals surface area contributed by atoms with E-state index in [9.17, 15) is 8.42 Å². The zero-order valence-electron chi connectivity index (χ0n) is 18.8. The molecule has 1 aliphatic heterocycles. The quantitative estimate of drug-likeness (QED) is 0.351. The molecule has 4 rings (SSSR count). The number of nitrogens with zero attached hydrogens (tertiary/aromatic N) is 2. The molecular weight excluding hydrogens is 525 g/mol. The molecule has 5 nitrogen and oxygen atoms in total. The topological polar surface area (TPSA) is 73.2 Å². The zero-order chi connectivity index (χ0) is 25.0. The second-order valence-electron chi connectivity index (χ2n) is 8.58. The number of hydrogen-bond donors (Lipinski definition) is 1. The maximum Gasteiger partial charge on any atom is 0.240 e. The van der Waals surface area contributed by atoms with Gasteiger partial charge in [-0.2, -0.15) is 5.26 Å². The van der Waals surface area contributed by atoms with Crippen molar-refractivity contribution in [1.82, 2.24) is 4.72 Å². The van der Waals surface area contributed by atoms with Crippen LogP contribution in [-0.2, 0) is 10.0 Å². The summed E-state index contributed by atoms with van der Waals surface area (Å²) in [7, 11) is -3.64. The molecule has 1 aliphatic rings. The number of nitriles is 1. The van der Waals surface area contributed by atoms with Gasteiger partial charge in [0, 0.05) is 33.8 Å². The molecule has 182 valence electrons. The highest BCUT2D eigenvalue weighted by molar-refractivity contribution is 7.89. The number of anilines is 1. The van der Waals surface area contributed by atoms with E-state index in [1.54, 1.807) is 6.07 Å². The van der Waals surface area contributed by atoms with Gasteiger partial charge >= 0.3 is 0 Å². The minimum absolute atomic E-state index is 0.0764. The van der Waals surface area contributed by atoms with Gasteiger partial charge in [0.15, 0.2) is 0 Å². The van der Waals surface area contributed by atoms with E-state index in [1.807, 2.05) is 42.5 Å². The zero-order valence-corrected chi connectivity index (χ0v) is 21.9. The largest absolute Gasteiger partial charge is 0.364 e. The highest BCUT2D eigenvalue weighted by Crippen LogP contribution is 2.41. The Balaban J connectivity index is 1.46. The fraction of sp³-hybridized carbons (Fsp3) is 0.269. The predicted octanol–water partition coefficient (Wildman–Crippen LogP) is 6.84. The van der Waals surface area contributed by atoms with Crippen molar-refractivity contribution in [3.05, 3.63) is 92.9 Å². The van der Waals surface area contributed by atoms with Gasteiger partial charge in [-0.1, -0.05) is 40.9 Å². The van der Waals surface area contributed by atoms with Crippen molar-refractivity contribution in [2.75, 3.05) is 18.0 Å². The minimum Gasteiger partial charge on any atom is -0.364 e. The molecule has 0 saturated carbocycles. The van der Waals surface area contributed by atoms with Gasteiger partial charge in [0.05, 0.1) is 22.6 Å². The highest BCUT2D eigenvalue weighted by atomic mass is 35.5. The lowest BCUT2D eigenvalue weighted by molar-refractivity contribution is 0.343. The Kier molecular flexibility index (Phi) is 8.26. The van der Waals surface area contributed by atoms with E-state index in [0.717, 1.165) is 30.6 Å². The second-order valence-corrected chi connectivity index (χ2v) is 11.6. The van der Waals surface area contributed by atoms with Gasteiger partial charge in [0.25, 0.3) is 0 Å². The van der Waals surface area contributed by atoms with Crippen molar-refractivity contribution in [2.24, 2.45) is 5.92 Å². The highest BCUT2D eigenvalue weighted by Gasteiger charge is 2.31. The van der Waals surface area contributed by atoms with E-state index < -0.39 is 10.0 Å². The Bertz CT molecular complexity index is 1320. The molecule has 2 unspecified atom stereocenters. The Morgan fingerprint density at radius 1 is 0.943 bits per heavy atom. The predicted molar refractivity (Wildman–Crippen MR) is 142 cm³/mol. The van der Waals surface area contributed by atoms with Crippen LogP contribution in [-0.4, -0.2) is 21.5 Å². The van der Waals surface area contributed by atoms with E-state index in [4.69, 9.17) is 40.1 Å². The lowest BCUT2D eigenvalue weighted by Crippen LogP contribution is -2.39. The maximum atomic E-state index is 12.7. The van der Waals surface area contributed by atoms with Crippen LogP contribution in [0.2, 0.25) is 15.1 Å². The monoisotopic (exact) mass is 547 g/mol. The summed E-state index contributed by atoms with van der Waals surface area (Å²) >= 11 is 18.8. The van der Waals surface area contributed by atoms with Crippen molar-refractivity contribution in [2.45, 2.75) is 30.2 Å². The molecule has 0 amide bonds. The van der Waals surface area contributed by atoms with Crippen molar-refractivity contribution in [1.29, 1.82) is 5.26 Å². The summed E-state index contributed by atoms with van der Waals surface area (Å²) in [4.78, 5) is 2.47. The Hall–Kier alpha value is -2.27. The standard InChI is InChI=1S/C26H24Cl3N3O2S/c27-20-4-7-22(8-5-20)32-17-19(3-12-26(32)24-11-6-21(28)15-25(24)29)13-14-31-35(33,34)23-9-1-18(16-30)2-10-23/h1-2,4-11,15,19,26,31H,3,12-14,17H2. The number of piperidine rings is 1. The van der Waals surface area contributed by atoms with Crippen LogP contribution < -0.4 is 9.62 Å². The number of halogens is 3. The summed E-state index contributed by atoms with van der Waals surface area (Å²) in [6, 6.07) is 21.3. The number of nitrogens with one attached hydrogen (secondary N) is 1. The van der Waals surface area contributed by atoms with Gasteiger partial charge in [0.1, 0.15) is 0 Å². The van der Waals surface area contributed by atoms with Crippen molar-refractivity contribution in [3.63, 3.8) is 0 Å². The SMILES string of the molecule is N#Cc1ccc(S(=O)(=O)NCCC2CCC(c3ccc(Cl)cc3Cl)N(c3ccc(Cl)cc3)C2)cc1. The van der Waals surface area contributed by atoms with Gasteiger partial charge in [-0.25, -0.2) is 13.1 Å². The molecule has 35 heavy (non-hydrogen) atoms. The van der Waals surface area contributed by atoms with Gasteiger partial charge < -0.3 is 4.90 Å². The molecule has 1 N–H and O–H groups in total. The molecule has 1 saturated heterocycles. The first-order chi connectivity index (χ1) is 16.8. The minimum atomic E-state index is -3.64. The second kappa shape index (κ2) is 11.2. The van der Waals surface area contributed by atoms with Gasteiger partial charge in [0.2, 0.25) is 10.0 Å². The third-order valence-electron chi connectivity index (χ3n) is 6.30. The van der Waals surface area contributed by atoms with Crippen molar-refractivity contribution >= 4 is 50.5 Å². The van der Waals surface area contributed by atoms with E-state index in [-0.39, 0.29) is 16.9 Å². The molecule has 1 fully saturated rings. The molecule has 0 radical (unpaired) electrons. The Morgan fingerprint density at radius 2 is 1.63 bits per heavy atom. The molecule has 9 heteroatoms. The third-order valence-corrected chi connectivity index (χ3v) is 8.59. The first-order valence-electron chi connectivity index (χ1n) is 11.2. The molecule has 3 aromatic carbocycles. The molecule has 0 aromatic heterocycles. The summed E-state index contributed by atoms with van der Waals surface area (Å²) in [5.41, 5.74) is 2.48. The van der Waals surface area contributed by atoms with Gasteiger partial charge in [-0.05, 0) is 91.4 Å².